The standard InChI is InChI=1S/C25H25FN2O4/c1-2-16-7-8-20-18(15-16)23(29)21-22(17-5-3-4-6-19(17)26)28(25(30)24(21)32-20)10-9-27-11-13-31-14-12-27/h3-8,15,22H,2,9-14H2,1H3. The van der Waals surface area contributed by atoms with Crippen molar-refractivity contribution in [3.63, 3.8) is 0 Å². The van der Waals surface area contributed by atoms with Gasteiger partial charge in [0.2, 0.25) is 5.76 Å². The van der Waals surface area contributed by atoms with Crippen LogP contribution >= 0.6 is 0 Å². The van der Waals surface area contributed by atoms with Crippen LogP contribution in [0.15, 0.2) is 51.7 Å². The lowest BCUT2D eigenvalue weighted by molar-refractivity contribution is 0.0314. The molecule has 1 unspecified atom stereocenters. The van der Waals surface area contributed by atoms with Crippen LogP contribution in [0, 0.1) is 5.82 Å². The summed E-state index contributed by atoms with van der Waals surface area (Å²) in [6.45, 7) is 5.83. The molecular formula is C25H25FN2O4. The molecule has 1 atom stereocenters. The Kier molecular flexibility index (Phi) is 5.53. The Balaban J connectivity index is 1.62. The van der Waals surface area contributed by atoms with Gasteiger partial charge in [-0.2, -0.15) is 0 Å². The Morgan fingerprint density at radius 3 is 2.59 bits per heavy atom. The molecule has 1 amide bonds. The highest BCUT2D eigenvalue weighted by Crippen LogP contribution is 2.39. The SMILES string of the molecule is CCc1ccc2oc3c(c(=O)c2c1)C(c1ccccc1F)N(CCN1CCOCC1)C3=O. The highest BCUT2D eigenvalue weighted by atomic mass is 19.1. The molecule has 32 heavy (non-hydrogen) atoms. The first kappa shape index (κ1) is 20.8. The summed E-state index contributed by atoms with van der Waals surface area (Å²) in [4.78, 5) is 30.8. The number of halogens is 1. The van der Waals surface area contributed by atoms with Crippen molar-refractivity contribution in [3.8, 4) is 0 Å². The van der Waals surface area contributed by atoms with Gasteiger partial charge in [-0.15, -0.1) is 0 Å². The van der Waals surface area contributed by atoms with Crippen LogP contribution in [0.4, 0.5) is 4.39 Å². The monoisotopic (exact) mass is 436 g/mol. The second-order valence-electron chi connectivity index (χ2n) is 8.23. The second kappa shape index (κ2) is 8.48. The summed E-state index contributed by atoms with van der Waals surface area (Å²) in [6.07, 6.45) is 0.772. The number of morpholine rings is 1. The van der Waals surface area contributed by atoms with Gasteiger partial charge in [0.15, 0.2) is 5.43 Å². The molecule has 5 rings (SSSR count). The second-order valence-corrected chi connectivity index (χ2v) is 8.23. The maximum atomic E-state index is 14.9. The molecule has 0 saturated carbocycles. The Morgan fingerprint density at radius 1 is 1.06 bits per heavy atom. The Morgan fingerprint density at radius 2 is 1.84 bits per heavy atom. The van der Waals surface area contributed by atoms with Gasteiger partial charge in [0, 0.05) is 31.7 Å². The summed E-state index contributed by atoms with van der Waals surface area (Å²) in [5.41, 5.74) is 1.64. The van der Waals surface area contributed by atoms with Crippen molar-refractivity contribution in [1.82, 2.24) is 9.80 Å². The number of hydrogen-bond acceptors (Lipinski definition) is 5. The Hall–Kier alpha value is -3.03. The molecule has 0 bridgehead atoms. The fourth-order valence-electron chi connectivity index (χ4n) is 4.61. The average molecular weight is 436 g/mol. The molecule has 6 nitrogen and oxygen atoms in total. The van der Waals surface area contributed by atoms with Gasteiger partial charge in [0.25, 0.3) is 5.91 Å². The van der Waals surface area contributed by atoms with E-state index >= 15 is 0 Å². The number of benzene rings is 2. The van der Waals surface area contributed by atoms with Crippen LogP contribution in [0.25, 0.3) is 11.0 Å². The number of aryl methyl sites for hydroxylation is 1. The molecular weight excluding hydrogens is 411 g/mol. The number of carbonyl (C=O) groups is 1. The maximum Gasteiger partial charge on any atom is 0.290 e. The lowest BCUT2D eigenvalue weighted by atomic mass is 9.97. The number of nitrogens with zero attached hydrogens (tertiary/aromatic N) is 2. The number of rotatable bonds is 5. The van der Waals surface area contributed by atoms with E-state index in [4.69, 9.17) is 9.15 Å². The normalized spacial score (nSPS) is 19.0. The number of hydrogen-bond donors (Lipinski definition) is 0. The van der Waals surface area contributed by atoms with Gasteiger partial charge >= 0.3 is 0 Å². The molecule has 2 aliphatic rings. The molecule has 7 heteroatoms. The molecule has 3 aromatic rings. The minimum Gasteiger partial charge on any atom is -0.450 e. The fraction of sp³-hybridized carbons (Fsp3) is 0.360. The smallest absolute Gasteiger partial charge is 0.290 e. The van der Waals surface area contributed by atoms with E-state index in [1.807, 2.05) is 13.0 Å². The molecule has 1 aromatic heterocycles. The van der Waals surface area contributed by atoms with Crippen molar-refractivity contribution in [2.45, 2.75) is 19.4 Å². The van der Waals surface area contributed by atoms with Crippen molar-refractivity contribution >= 4 is 16.9 Å². The van der Waals surface area contributed by atoms with Crippen molar-refractivity contribution in [3.05, 3.63) is 81.0 Å². The maximum absolute atomic E-state index is 14.9. The molecule has 166 valence electrons. The summed E-state index contributed by atoms with van der Waals surface area (Å²) in [5.74, 6) is -0.807. The van der Waals surface area contributed by atoms with Gasteiger partial charge in [-0.25, -0.2) is 4.39 Å². The molecule has 1 fully saturated rings. The minimum atomic E-state index is -0.814. The topological polar surface area (TPSA) is 63.0 Å². The third-order valence-corrected chi connectivity index (χ3v) is 6.40. The average Bonchev–Trinajstić information content (AvgIpc) is 3.10. The minimum absolute atomic E-state index is 0.0157. The molecule has 1 saturated heterocycles. The van der Waals surface area contributed by atoms with E-state index in [0.29, 0.717) is 42.8 Å². The highest BCUT2D eigenvalue weighted by molar-refractivity contribution is 5.99. The first-order valence-corrected chi connectivity index (χ1v) is 11.0. The lowest BCUT2D eigenvalue weighted by Gasteiger charge is -2.31. The molecule has 2 aromatic carbocycles. The van der Waals surface area contributed by atoms with Gasteiger partial charge in [-0.1, -0.05) is 31.2 Å². The van der Waals surface area contributed by atoms with E-state index in [2.05, 4.69) is 4.90 Å². The zero-order chi connectivity index (χ0) is 22.2. The van der Waals surface area contributed by atoms with Crippen LogP contribution in [0.1, 0.15) is 40.2 Å². The van der Waals surface area contributed by atoms with Crippen molar-refractivity contribution in [1.29, 1.82) is 0 Å². The summed E-state index contributed by atoms with van der Waals surface area (Å²) in [7, 11) is 0. The van der Waals surface area contributed by atoms with E-state index in [1.165, 1.54) is 6.07 Å². The molecule has 0 radical (unpaired) electrons. The largest absolute Gasteiger partial charge is 0.450 e. The van der Waals surface area contributed by atoms with Gasteiger partial charge in [0.05, 0.1) is 30.2 Å². The zero-order valence-corrected chi connectivity index (χ0v) is 18.0. The lowest BCUT2D eigenvalue weighted by Crippen LogP contribution is -2.42. The molecule has 0 spiro atoms. The van der Waals surface area contributed by atoms with E-state index in [0.717, 1.165) is 25.1 Å². The van der Waals surface area contributed by atoms with Crippen LogP contribution < -0.4 is 5.43 Å². The summed E-state index contributed by atoms with van der Waals surface area (Å²) >= 11 is 0. The fourth-order valence-corrected chi connectivity index (χ4v) is 4.61. The third-order valence-electron chi connectivity index (χ3n) is 6.40. The Labute approximate surface area is 185 Å². The third kappa shape index (κ3) is 3.51. The van der Waals surface area contributed by atoms with Gasteiger partial charge < -0.3 is 14.1 Å². The van der Waals surface area contributed by atoms with E-state index in [1.54, 1.807) is 35.2 Å². The van der Waals surface area contributed by atoms with E-state index in [-0.39, 0.29) is 22.7 Å². The van der Waals surface area contributed by atoms with Crippen LogP contribution in [0.3, 0.4) is 0 Å². The van der Waals surface area contributed by atoms with Crippen LogP contribution in [-0.2, 0) is 11.2 Å². The summed E-state index contributed by atoms with van der Waals surface area (Å²) in [5, 5.41) is 0.423. The predicted molar refractivity (Wildman–Crippen MR) is 118 cm³/mol. The molecule has 0 N–H and O–H groups in total. The first-order chi connectivity index (χ1) is 15.6. The van der Waals surface area contributed by atoms with Crippen LogP contribution in [0.2, 0.25) is 0 Å². The zero-order valence-electron chi connectivity index (χ0n) is 18.0. The van der Waals surface area contributed by atoms with Crippen molar-refractivity contribution in [2.24, 2.45) is 0 Å². The van der Waals surface area contributed by atoms with Gasteiger partial charge in [-0.3, -0.25) is 14.5 Å². The van der Waals surface area contributed by atoms with Crippen molar-refractivity contribution < 1.29 is 18.3 Å². The quantitative estimate of drug-likeness (QED) is 0.614. The van der Waals surface area contributed by atoms with Gasteiger partial charge in [0.1, 0.15) is 11.4 Å². The Bertz CT molecular complexity index is 1230. The highest BCUT2D eigenvalue weighted by Gasteiger charge is 2.43. The van der Waals surface area contributed by atoms with E-state index in [9.17, 15) is 14.0 Å². The molecule has 2 aliphatic heterocycles. The predicted octanol–water partition coefficient (Wildman–Crippen LogP) is 3.37. The molecule has 0 aliphatic carbocycles. The van der Waals surface area contributed by atoms with E-state index < -0.39 is 11.9 Å². The number of fused-ring (bicyclic) bond motifs is 2. The summed E-state index contributed by atoms with van der Waals surface area (Å²) in [6, 6.07) is 10.9. The molecule has 3 heterocycles. The number of ether oxygens (including phenoxy) is 1. The summed E-state index contributed by atoms with van der Waals surface area (Å²) < 4.78 is 26.3. The number of carbonyl (C=O) groups excluding carboxylic acids is 1. The van der Waals surface area contributed by atoms with Gasteiger partial charge in [-0.05, 0) is 30.2 Å². The van der Waals surface area contributed by atoms with Crippen molar-refractivity contribution in [2.75, 3.05) is 39.4 Å². The van der Waals surface area contributed by atoms with Crippen LogP contribution in [0.5, 0.6) is 0 Å². The first-order valence-electron chi connectivity index (χ1n) is 11.0. The number of amides is 1. The van der Waals surface area contributed by atoms with Crippen LogP contribution in [-0.4, -0.2) is 55.1 Å².